The molecule has 7 nitrogen and oxygen atoms in total. The first-order valence-corrected chi connectivity index (χ1v) is 12.2. The van der Waals surface area contributed by atoms with E-state index in [1.807, 2.05) is 11.8 Å². The quantitative estimate of drug-likeness (QED) is 0.384. The van der Waals surface area contributed by atoms with E-state index < -0.39 is 17.2 Å². The number of rotatable bonds is 4. The zero-order valence-corrected chi connectivity index (χ0v) is 21.0. The van der Waals surface area contributed by atoms with Gasteiger partial charge in [0.25, 0.3) is 0 Å². The third-order valence-electron chi connectivity index (χ3n) is 7.09. The fraction of sp³-hybridized carbons (Fsp3) is 0.296. The highest BCUT2D eigenvalue weighted by Crippen LogP contribution is 2.37. The number of nitrogens with one attached hydrogen (secondary N) is 1. The maximum absolute atomic E-state index is 15.6. The van der Waals surface area contributed by atoms with E-state index in [0.29, 0.717) is 37.4 Å². The van der Waals surface area contributed by atoms with Crippen molar-refractivity contribution in [1.82, 2.24) is 14.9 Å². The molecular weight excluding hydrogens is 483 g/mol. The smallest absolute Gasteiger partial charge is 0.341 e. The lowest BCUT2D eigenvalue weighted by Crippen LogP contribution is -2.46. The molecule has 0 amide bonds. The van der Waals surface area contributed by atoms with Gasteiger partial charge in [-0.25, -0.2) is 9.18 Å². The second-order valence-corrected chi connectivity index (χ2v) is 9.58. The predicted octanol–water partition coefficient (Wildman–Crippen LogP) is 4.83. The molecule has 1 saturated heterocycles. The van der Waals surface area contributed by atoms with E-state index in [9.17, 15) is 14.7 Å². The van der Waals surface area contributed by atoms with E-state index >= 15 is 4.39 Å². The van der Waals surface area contributed by atoms with Crippen LogP contribution < -0.4 is 15.6 Å². The third kappa shape index (κ3) is 3.90. The topological polar surface area (TPSA) is 87.5 Å². The number of fused-ring (bicyclic) bond motifs is 3. The molecule has 0 saturated carbocycles. The SMILES string of the molecule is CCn1cc(C(=O)O)c(=O)c2c3cc(N4CCNC(c5ccc(C)c(C)c5)C4)c(Cl)c(F)c3ncc21. The van der Waals surface area contributed by atoms with E-state index in [2.05, 4.69) is 42.3 Å². The summed E-state index contributed by atoms with van der Waals surface area (Å²) in [6, 6.07) is 8.01. The van der Waals surface area contributed by atoms with Crippen LogP contribution >= 0.6 is 11.6 Å². The highest BCUT2D eigenvalue weighted by Gasteiger charge is 2.26. The van der Waals surface area contributed by atoms with Crippen LogP contribution in [0.5, 0.6) is 0 Å². The molecule has 0 spiro atoms. The van der Waals surface area contributed by atoms with Gasteiger partial charge < -0.3 is 19.9 Å². The molecule has 1 atom stereocenters. The molecule has 9 heteroatoms. The molecule has 2 N–H and O–H groups in total. The van der Waals surface area contributed by atoms with Crippen LogP contribution in [-0.2, 0) is 6.54 Å². The van der Waals surface area contributed by atoms with Crippen LogP contribution in [0.4, 0.5) is 10.1 Å². The number of aromatic nitrogens is 2. The molecule has 4 aromatic rings. The monoisotopic (exact) mass is 508 g/mol. The highest BCUT2D eigenvalue weighted by atomic mass is 35.5. The number of anilines is 1. The van der Waals surface area contributed by atoms with Gasteiger partial charge in [-0.2, -0.15) is 0 Å². The molecule has 1 aliphatic rings. The van der Waals surface area contributed by atoms with E-state index in [-0.39, 0.29) is 32.9 Å². The predicted molar refractivity (Wildman–Crippen MR) is 140 cm³/mol. The Morgan fingerprint density at radius 3 is 2.75 bits per heavy atom. The fourth-order valence-corrected chi connectivity index (χ4v) is 5.20. The van der Waals surface area contributed by atoms with Gasteiger partial charge in [0.15, 0.2) is 5.82 Å². The Morgan fingerprint density at radius 2 is 2.06 bits per heavy atom. The van der Waals surface area contributed by atoms with Gasteiger partial charge in [0, 0.05) is 43.8 Å². The van der Waals surface area contributed by atoms with E-state index in [4.69, 9.17) is 11.6 Å². The summed E-state index contributed by atoms with van der Waals surface area (Å²) in [7, 11) is 0. The third-order valence-corrected chi connectivity index (χ3v) is 7.45. The van der Waals surface area contributed by atoms with Gasteiger partial charge in [0.2, 0.25) is 5.43 Å². The average Bonchev–Trinajstić information content (AvgIpc) is 2.87. The molecule has 5 rings (SSSR count). The molecular formula is C27H26ClFN4O3. The number of aromatic carboxylic acids is 1. The number of carbonyl (C=O) groups is 1. The van der Waals surface area contributed by atoms with E-state index in [0.717, 1.165) is 5.56 Å². The number of carboxylic acids is 1. The summed E-state index contributed by atoms with van der Waals surface area (Å²) in [4.78, 5) is 31.3. The maximum Gasteiger partial charge on any atom is 0.341 e. The van der Waals surface area contributed by atoms with Gasteiger partial charge in [-0.3, -0.25) is 9.78 Å². The number of aryl methyl sites for hydroxylation is 3. The van der Waals surface area contributed by atoms with Crippen LogP contribution in [0.15, 0.2) is 41.5 Å². The molecule has 2 aromatic heterocycles. The molecule has 36 heavy (non-hydrogen) atoms. The first kappa shape index (κ1) is 24.2. The van der Waals surface area contributed by atoms with Crippen molar-refractivity contribution in [3.63, 3.8) is 0 Å². The van der Waals surface area contributed by atoms with Gasteiger partial charge in [-0.1, -0.05) is 29.8 Å². The Morgan fingerprint density at radius 1 is 1.28 bits per heavy atom. The second kappa shape index (κ2) is 9.19. The largest absolute Gasteiger partial charge is 0.477 e. The molecule has 186 valence electrons. The Balaban J connectivity index is 1.69. The molecule has 0 radical (unpaired) electrons. The summed E-state index contributed by atoms with van der Waals surface area (Å²) in [6.07, 6.45) is 2.70. The molecule has 2 aromatic carbocycles. The van der Waals surface area contributed by atoms with Crippen molar-refractivity contribution in [3.05, 3.63) is 80.0 Å². The lowest BCUT2D eigenvalue weighted by atomic mass is 9.99. The molecule has 1 aliphatic heterocycles. The van der Waals surface area contributed by atoms with Crippen LogP contribution in [0.2, 0.25) is 5.02 Å². The van der Waals surface area contributed by atoms with E-state index in [1.165, 1.54) is 23.5 Å². The number of nitrogens with zero attached hydrogens (tertiary/aromatic N) is 3. The minimum atomic E-state index is -1.33. The summed E-state index contributed by atoms with van der Waals surface area (Å²) < 4.78 is 17.2. The number of pyridine rings is 2. The number of halogens is 2. The van der Waals surface area contributed by atoms with Gasteiger partial charge in [-0.15, -0.1) is 0 Å². The zero-order valence-electron chi connectivity index (χ0n) is 20.2. The van der Waals surface area contributed by atoms with Crippen LogP contribution in [0.25, 0.3) is 21.8 Å². The first-order chi connectivity index (χ1) is 17.2. The summed E-state index contributed by atoms with van der Waals surface area (Å²) in [6.45, 7) is 8.19. The summed E-state index contributed by atoms with van der Waals surface area (Å²) in [5.74, 6) is -2.06. The number of hydrogen-bond acceptors (Lipinski definition) is 5. The summed E-state index contributed by atoms with van der Waals surface area (Å²) in [5, 5.41) is 13.4. The van der Waals surface area contributed by atoms with Crippen LogP contribution in [0.3, 0.4) is 0 Å². The fourth-order valence-electron chi connectivity index (χ4n) is 4.94. The summed E-state index contributed by atoms with van der Waals surface area (Å²) >= 11 is 6.52. The molecule has 1 unspecified atom stereocenters. The minimum Gasteiger partial charge on any atom is -0.477 e. The number of carboxylic acid groups (broad SMARTS) is 1. The van der Waals surface area contributed by atoms with E-state index in [1.54, 1.807) is 10.6 Å². The number of piperazine rings is 1. The van der Waals surface area contributed by atoms with Crippen molar-refractivity contribution in [2.45, 2.75) is 33.4 Å². The molecule has 1 fully saturated rings. The molecule has 0 aliphatic carbocycles. The normalized spacial score (nSPS) is 16.1. The van der Waals surface area contributed by atoms with Gasteiger partial charge >= 0.3 is 5.97 Å². The number of benzene rings is 2. The van der Waals surface area contributed by atoms with Crippen LogP contribution in [-0.4, -0.2) is 40.3 Å². The van der Waals surface area contributed by atoms with Crippen molar-refractivity contribution in [2.75, 3.05) is 24.5 Å². The Hall–Kier alpha value is -3.49. The lowest BCUT2D eigenvalue weighted by molar-refractivity contribution is 0.0695. The van der Waals surface area contributed by atoms with Crippen LogP contribution in [0, 0.1) is 19.7 Å². The highest BCUT2D eigenvalue weighted by molar-refractivity contribution is 6.34. The van der Waals surface area contributed by atoms with Crippen molar-refractivity contribution < 1.29 is 14.3 Å². The number of hydrogen-bond donors (Lipinski definition) is 2. The lowest BCUT2D eigenvalue weighted by Gasteiger charge is -2.36. The maximum atomic E-state index is 15.6. The Labute approximate surface area is 212 Å². The Bertz CT molecular complexity index is 1600. The molecule has 3 heterocycles. The van der Waals surface area contributed by atoms with Gasteiger partial charge in [0.05, 0.1) is 22.8 Å². The van der Waals surface area contributed by atoms with Crippen molar-refractivity contribution >= 4 is 45.1 Å². The van der Waals surface area contributed by atoms with Gasteiger partial charge in [-0.05, 0) is 43.5 Å². The average molecular weight is 509 g/mol. The first-order valence-electron chi connectivity index (χ1n) is 11.8. The standard InChI is InChI=1S/C27H26ClFN4O3/c1-4-32-12-18(27(35)36)26(34)22-17-10-20(23(28)24(29)25(17)31-11-21(22)32)33-8-7-30-19(13-33)16-6-5-14(2)15(3)9-16/h5-6,9-12,19,30H,4,7-8,13H2,1-3H3,(H,35,36). The second-order valence-electron chi connectivity index (χ2n) is 9.20. The van der Waals surface area contributed by atoms with Crippen LogP contribution in [0.1, 0.15) is 40.0 Å². The van der Waals surface area contributed by atoms with Crippen molar-refractivity contribution in [3.8, 4) is 0 Å². The van der Waals surface area contributed by atoms with Gasteiger partial charge in [0.1, 0.15) is 16.1 Å². The minimum absolute atomic E-state index is 0.00875. The zero-order chi connectivity index (χ0) is 25.7. The Kier molecular flexibility index (Phi) is 6.18. The summed E-state index contributed by atoms with van der Waals surface area (Å²) in [5.41, 5.74) is 3.34. The van der Waals surface area contributed by atoms with Crippen molar-refractivity contribution in [1.29, 1.82) is 0 Å². The molecule has 0 bridgehead atoms. The van der Waals surface area contributed by atoms with Crippen molar-refractivity contribution in [2.24, 2.45) is 0 Å².